The molecule has 0 aliphatic rings. The van der Waals surface area contributed by atoms with Gasteiger partial charge < -0.3 is 14.6 Å². The van der Waals surface area contributed by atoms with E-state index in [0.29, 0.717) is 35.3 Å². The average Bonchev–Trinajstić information content (AvgIpc) is 3.08. The molecule has 0 fully saturated rings. The first-order valence-electron chi connectivity index (χ1n) is 9.74. The topological polar surface area (TPSA) is 98.1 Å². The quantitative estimate of drug-likeness (QED) is 0.610. The van der Waals surface area contributed by atoms with Gasteiger partial charge in [0, 0.05) is 37.2 Å². The van der Waals surface area contributed by atoms with E-state index >= 15 is 0 Å². The first-order chi connectivity index (χ1) is 14.2. The van der Waals surface area contributed by atoms with Crippen LogP contribution >= 0.6 is 0 Å². The molecule has 0 atom stereocenters. The largest absolute Gasteiger partial charge is 0.383 e. The molecule has 2 N–H and O–H groups in total. The van der Waals surface area contributed by atoms with Crippen LogP contribution in [0.25, 0.3) is 11.0 Å². The van der Waals surface area contributed by atoms with Crippen molar-refractivity contribution < 1.29 is 14.3 Å². The summed E-state index contributed by atoms with van der Waals surface area (Å²) in [6, 6.07) is 7.25. The number of fused-ring (bicyclic) bond motifs is 1. The van der Waals surface area contributed by atoms with E-state index in [1.165, 1.54) is 0 Å². The summed E-state index contributed by atoms with van der Waals surface area (Å²) < 4.78 is 6.90. The van der Waals surface area contributed by atoms with Crippen molar-refractivity contribution in [1.29, 1.82) is 0 Å². The van der Waals surface area contributed by atoms with Gasteiger partial charge >= 0.3 is 0 Å². The number of benzene rings is 1. The summed E-state index contributed by atoms with van der Waals surface area (Å²) in [6.45, 7) is 8.85. The summed E-state index contributed by atoms with van der Waals surface area (Å²) in [4.78, 5) is 34.0. The molecule has 8 heteroatoms. The lowest BCUT2D eigenvalue weighted by Gasteiger charge is -2.22. The predicted molar refractivity (Wildman–Crippen MR) is 116 cm³/mol. The molecule has 2 amide bonds. The molecule has 0 radical (unpaired) electrons. The number of nitrogens with one attached hydrogen (secondary N) is 2. The number of rotatable bonds is 6. The molecule has 158 valence electrons. The van der Waals surface area contributed by atoms with Crippen molar-refractivity contribution in [3.63, 3.8) is 0 Å². The van der Waals surface area contributed by atoms with E-state index in [0.717, 1.165) is 5.56 Å². The number of hydrogen-bond acceptors (Lipinski definition) is 5. The number of hydrogen-bond donors (Lipinski definition) is 2. The van der Waals surface area contributed by atoms with Gasteiger partial charge in [-0.1, -0.05) is 17.7 Å². The van der Waals surface area contributed by atoms with Crippen LogP contribution in [0.4, 0.5) is 5.95 Å². The molecule has 0 unspecified atom stereocenters. The Kier molecular flexibility index (Phi) is 6.17. The number of methoxy groups -OCH3 is 1. The third-order valence-electron chi connectivity index (χ3n) is 4.64. The predicted octanol–water partition coefficient (Wildman–Crippen LogP) is 3.12. The maximum Gasteiger partial charge on any atom is 0.258 e. The number of nitrogens with zero attached hydrogens (tertiary/aromatic N) is 3. The van der Waals surface area contributed by atoms with Crippen LogP contribution in [0.2, 0.25) is 0 Å². The number of aromatic nitrogens is 3. The second-order valence-corrected chi connectivity index (χ2v) is 8.08. The van der Waals surface area contributed by atoms with Crippen LogP contribution < -0.4 is 10.6 Å². The maximum atomic E-state index is 12.6. The molecule has 0 aliphatic carbocycles. The minimum atomic E-state index is -0.324. The van der Waals surface area contributed by atoms with Gasteiger partial charge in [0.25, 0.3) is 11.8 Å². The summed E-state index contributed by atoms with van der Waals surface area (Å²) >= 11 is 0. The Bertz CT molecular complexity index is 1060. The Morgan fingerprint density at radius 1 is 1.13 bits per heavy atom. The van der Waals surface area contributed by atoms with Gasteiger partial charge in [-0.3, -0.25) is 14.9 Å². The summed E-state index contributed by atoms with van der Waals surface area (Å²) in [5.41, 5.74) is 2.33. The summed E-state index contributed by atoms with van der Waals surface area (Å²) in [5, 5.41) is 6.18. The standard InChI is InChI=1S/C22H27N5O3/c1-14-6-8-15(9-7-14)19(28)26-21-24-12-16-17(20(29)23-10-11-30-5)13-27(18(16)25-21)22(2,3)4/h6-9,12-13H,10-11H2,1-5H3,(H,23,29)(H,24,25,26,28). The number of carbonyl (C=O) groups is 2. The zero-order valence-corrected chi connectivity index (χ0v) is 17.9. The fourth-order valence-electron chi connectivity index (χ4n) is 3.00. The Hall–Kier alpha value is -3.26. The summed E-state index contributed by atoms with van der Waals surface area (Å²) in [7, 11) is 1.58. The van der Waals surface area contributed by atoms with Gasteiger partial charge in [0.15, 0.2) is 0 Å². The maximum absolute atomic E-state index is 12.6. The molecule has 0 saturated heterocycles. The molecule has 0 aliphatic heterocycles. The van der Waals surface area contributed by atoms with E-state index in [4.69, 9.17) is 4.74 Å². The molecule has 0 bridgehead atoms. The molecule has 2 aromatic heterocycles. The van der Waals surface area contributed by atoms with E-state index in [-0.39, 0.29) is 23.3 Å². The fourth-order valence-corrected chi connectivity index (χ4v) is 3.00. The van der Waals surface area contributed by atoms with E-state index in [1.54, 1.807) is 31.6 Å². The Labute approximate surface area is 175 Å². The molecule has 3 aromatic rings. The first kappa shape index (κ1) is 21.4. The minimum absolute atomic E-state index is 0.183. The van der Waals surface area contributed by atoms with Crippen molar-refractivity contribution in [3.05, 3.63) is 53.3 Å². The lowest BCUT2D eigenvalue weighted by atomic mass is 10.1. The van der Waals surface area contributed by atoms with Crippen molar-refractivity contribution in [3.8, 4) is 0 Å². The molecule has 2 heterocycles. The number of aryl methyl sites for hydroxylation is 1. The van der Waals surface area contributed by atoms with Crippen molar-refractivity contribution in [2.45, 2.75) is 33.2 Å². The number of amides is 2. The molecule has 3 rings (SSSR count). The van der Waals surface area contributed by atoms with Gasteiger partial charge in [0.05, 0.1) is 17.6 Å². The van der Waals surface area contributed by atoms with Gasteiger partial charge in [-0.2, -0.15) is 4.98 Å². The van der Waals surface area contributed by atoms with E-state index in [9.17, 15) is 9.59 Å². The highest BCUT2D eigenvalue weighted by molar-refractivity contribution is 6.07. The highest BCUT2D eigenvalue weighted by Crippen LogP contribution is 2.27. The number of carbonyl (C=O) groups excluding carboxylic acids is 2. The third kappa shape index (κ3) is 4.65. The molecule has 0 saturated carbocycles. The van der Waals surface area contributed by atoms with Crippen molar-refractivity contribution in [2.24, 2.45) is 0 Å². The van der Waals surface area contributed by atoms with Crippen LogP contribution in [-0.2, 0) is 10.3 Å². The van der Waals surface area contributed by atoms with Gasteiger partial charge in [0.1, 0.15) is 5.65 Å². The normalized spacial score (nSPS) is 11.5. The molecule has 8 nitrogen and oxygen atoms in total. The summed E-state index contributed by atoms with van der Waals surface area (Å²) in [5.74, 6) is -0.330. The molecule has 1 aromatic carbocycles. The van der Waals surface area contributed by atoms with Gasteiger partial charge in [0.2, 0.25) is 5.95 Å². The first-order valence-corrected chi connectivity index (χ1v) is 9.74. The van der Waals surface area contributed by atoms with Crippen LogP contribution in [0.15, 0.2) is 36.7 Å². The zero-order valence-electron chi connectivity index (χ0n) is 17.9. The Morgan fingerprint density at radius 3 is 2.47 bits per heavy atom. The van der Waals surface area contributed by atoms with E-state index in [1.807, 2.05) is 44.4 Å². The van der Waals surface area contributed by atoms with Gasteiger partial charge in [-0.05, 0) is 39.8 Å². The zero-order chi connectivity index (χ0) is 21.9. The molecule has 30 heavy (non-hydrogen) atoms. The summed E-state index contributed by atoms with van der Waals surface area (Å²) in [6.07, 6.45) is 3.34. The minimum Gasteiger partial charge on any atom is -0.383 e. The van der Waals surface area contributed by atoms with Crippen LogP contribution in [0.5, 0.6) is 0 Å². The van der Waals surface area contributed by atoms with Crippen LogP contribution in [0.3, 0.4) is 0 Å². The highest BCUT2D eigenvalue weighted by Gasteiger charge is 2.23. The van der Waals surface area contributed by atoms with Crippen molar-refractivity contribution in [1.82, 2.24) is 19.9 Å². The van der Waals surface area contributed by atoms with Gasteiger partial charge in [-0.15, -0.1) is 0 Å². The van der Waals surface area contributed by atoms with Crippen LogP contribution in [0, 0.1) is 6.92 Å². The van der Waals surface area contributed by atoms with Crippen molar-refractivity contribution >= 4 is 28.8 Å². The van der Waals surface area contributed by atoms with Gasteiger partial charge in [-0.25, -0.2) is 4.98 Å². The number of ether oxygens (including phenoxy) is 1. The van der Waals surface area contributed by atoms with Crippen LogP contribution in [-0.4, -0.2) is 46.6 Å². The fraction of sp³-hybridized carbons (Fsp3) is 0.364. The molecular formula is C22H27N5O3. The SMILES string of the molecule is COCCNC(=O)c1cn(C(C)(C)C)c2nc(NC(=O)c3ccc(C)cc3)ncc12. The highest BCUT2D eigenvalue weighted by atomic mass is 16.5. The third-order valence-corrected chi connectivity index (χ3v) is 4.64. The van der Waals surface area contributed by atoms with Crippen LogP contribution in [0.1, 0.15) is 47.1 Å². The Balaban J connectivity index is 1.94. The number of anilines is 1. The smallest absolute Gasteiger partial charge is 0.258 e. The monoisotopic (exact) mass is 409 g/mol. The van der Waals surface area contributed by atoms with Crippen molar-refractivity contribution in [2.75, 3.05) is 25.6 Å². The lowest BCUT2D eigenvalue weighted by molar-refractivity contribution is 0.0937. The second-order valence-electron chi connectivity index (χ2n) is 8.08. The Morgan fingerprint density at radius 2 is 1.83 bits per heavy atom. The lowest BCUT2D eigenvalue weighted by Crippen LogP contribution is -2.27. The molecule has 0 spiro atoms. The van der Waals surface area contributed by atoms with E-state index < -0.39 is 0 Å². The second kappa shape index (κ2) is 8.62. The molecular weight excluding hydrogens is 382 g/mol. The van der Waals surface area contributed by atoms with E-state index in [2.05, 4.69) is 20.6 Å². The average molecular weight is 409 g/mol.